The first-order chi connectivity index (χ1) is 8.79. The first-order valence-corrected chi connectivity index (χ1v) is 5.29. The van der Waals surface area contributed by atoms with Crippen molar-refractivity contribution in [2.45, 2.75) is 13.1 Å². The Kier molecular flexibility index (Phi) is 3.05. The number of halogens is 3. The van der Waals surface area contributed by atoms with Crippen molar-refractivity contribution in [1.82, 2.24) is 9.55 Å². The summed E-state index contributed by atoms with van der Waals surface area (Å²) in [4.78, 5) is 24.9. The zero-order valence-corrected chi connectivity index (χ0v) is 9.78. The van der Waals surface area contributed by atoms with Crippen molar-refractivity contribution in [3.05, 3.63) is 62.4 Å². The highest BCUT2D eigenvalue weighted by Gasteiger charge is 2.32. The third-order valence-corrected chi connectivity index (χ3v) is 2.53. The van der Waals surface area contributed by atoms with Gasteiger partial charge in [0, 0.05) is 6.07 Å². The van der Waals surface area contributed by atoms with Crippen molar-refractivity contribution in [2.75, 3.05) is 0 Å². The second kappa shape index (κ2) is 4.42. The number of nitrogens with zero attached hydrogens (tertiary/aromatic N) is 1. The summed E-state index contributed by atoms with van der Waals surface area (Å²) in [6, 6.07) is 6.64. The Morgan fingerprint density at radius 2 is 1.68 bits per heavy atom. The summed E-state index contributed by atoms with van der Waals surface area (Å²) in [7, 11) is 0. The van der Waals surface area contributed by atoms with Crippen molar-refractivity contribution in [1.29, 1.82) is 0 Å². The minimum Gasteiger partial charge on any atom is -0.303 e. The third kappa shape index (κ3) is 2.59. The van der Waals surface area contributed by atoms with E-state index in [4.69, 9.17) is 0 Å². The monoisotopic (exact) mass is 270 g/mol. The molecular formula is C12H9F3N2O2. The van der Waals surface area contributed by atoms with Crippen LogP contribution in [-0.2, 0) is 6.18 Å². The lowest BCUT2D eigenvalue weighted by molar-refractivity contribution is -0.141. The minimum absolute atomic E-state index is 0.213. The Balaban J connectivity index is 2.64. The summed E-state index contributed by atoms with van der Waals surface area (Å²) in [5.74, 6) is 0. The first-order valence-electron chi connectivity index (χ1n) is 5.29. The van der Waals surface area contributed by atoms with Gasteiger partial charge in [0.05, 0.1) is 5.69 Å². The van der Waals surface area contributed by atoms with Gasteiger partial charge < -0.3 is 4.98 Å². The van der Waals surface area contributed by atoms with Gasteiger partial charge in [-0.25, -0.2) is 9.36 Å². The molecule has 1 heterocycles. The van der Waals surface area contributed by atoms with Crippen LogP contribution in [0.15, 0.2) is 39.9 Å². The molecule has 0 saturated heterocycles. The number of alkyl halides is 3. The van der Waals surface area contributed by atoms with E-state index in [1.165, 1.54) is 12.1 Å². The van der Waals surface area contributed by atoms with Gasteiger partial charge in [0.15, 0.2) is 0 Å². The molecule has 0 unspecified atom stereocenters. The standard InChI is InChI=1S/C12H9F3N2O2/c1-7-2-4-8(5-3-7)17-10(18)6-9(12(13,14)15)16-11(17)19/h2-6H,1H3,(H,16,19). The van der Waals surface area contributed by atoms with Gasteiger partial charge in [0.25, 0.3) is 5.56 Å². The van der Waals surface area contributed by atoms with Gasteiger partial charge in [-0.2, -0.15) is 13.2 Å². The first kappa shape index (κ1) is 13.1. The molecule has 0 atom stereocenters. The molecule has 0 aliphatic carbocycles. The van der Waals surface area contributed by atoms with E-state index in [0.29, 0.717) is 10.6 Å². The molecule has 0 aliphatic rings. The SMILES string of the molecule is Cc1ccc(-n2c(=O)cc(C(F)(F)F)[nH]c2=O)cc1. The number of rotatable bonds is 1. The van der Waals surface area contributed by atoms with Gasteiger partial charge in [-0.1, -0.05) is 17.7 Å². The van der Waals surface area contributed by atoms with Crippen LogP contribution < -0.4 is 11.2 Å². The van der Waals surface area contributed by atoms with Crippen LogP contribution in [-0.4, -0.2) is 9.55 Å². The highest BCUT2D eigenvalue weighted by atomic mass is 19.4. The summed E-state index contributed by atoms with van der Waals surface area (Å²) >= 11 is 0. The molecule has 100 valence electrons. The smallest absolute Gasteiger partial charge is 0.303 e. The van der Waals surface area contributed by atoms with Gasteiger partial charge >= 0.3 is 11.9 Å². The molecule has 2 aromatic rings. The average Bonchev–Trinajstić information content (AvgIpc) is 2.29. The van der Waals surface area contributed by atoms with Crippen molar-refractivity contribution >= 4 is 0 Å². The molecule has 7 heteroatoms. The molecule has 1 N–H and O–H groups in total. The van der Waals surface area contributed by atoms with Gasteiger partial charge in [-0.3, -0.25) is 4.79 Å². The lowest BCUT2D eigenvalue weighted by atomic mass is 10.2. The molecule has 0 spiro atoms. The van der Waals surface area contributed by atoms with Crippen LogP contribution in [0.25, 0.3) is 5.69 Å². The number of nitrogens with one attached hydrogen (secondary N) is 1. The van der Waals surface area contributed by atoms with Crippen molar-refractivity contribution in [3.63, 3.8) is 0 Å². The maximum absolute atomic E-state index is 12.4. The van der Waals surface area contributed by atoms with Crippen LogP contribution in [0.5, 0.6) is 0 Å². The van der Waals surface area contributed by atoms with E-state index in [9.17, 15) is 22.8 Å². The van der Waals surface area contributed by atoms with Crippen LogP contribution >= 0.6 is 0 Å². The molecule has 19 heavy (non-hydrogen) atoms. The maximum atomic E-state index is 12.4. The summed E-state index contributed by atoms with van der Waals surface area (Å²) in [6.07, 6.45) is -4.76. The topological polar surface area (TPSA) is 54.9 Å². The second-order valence-corrected chi connectivity index (χ2v) is 4.00. The van der Waals surface area contributed by atoms with Crippen LogP contribution in [0.2, 0.25) is 0 Å². The average molecular weight is 270 g/mol. The van der Waals surface area contributed by atoms with Crippen molar-refractivity contribution < 1.29 is 13.2 Å². The van der Waals surface area contributed by atoms with E-state index >= 15 is 0 Å². The van der Waals surface area contributed by atoms with E-state index in [1.54, 1.807) is 17.1 Å². The molecule has 1 aromatic heterocycles. The molecule has 4 nitrogen and oxygen atoms in total. The molecule has 1 aromatic carbocycles. The lowest BCUT2D eigenvalue weighted by Crippen LogP contribution is -2.35. The molecule has 0 amide bonds. The van der Waals surface area contributed by atoms with E-state index < -0.39 is 23.1 Å². The number of aryl methyl sites for hydroxylation is 1. The molecule has 0 radical (unpaired) electrons. The lowest BCUT2D eigenvalue weighted by Gasteiger charge is -2.08. The van der Waals surface area contributed by atoms with Crippen LogP contribution in [0.1, 0.15) is 11.3 Å². The predicted molar refractivity (Wildman–Crippen MR) is 62.4 cm³/mol. The summed E-state index contributed by atoms with van der Waals surface area (Å²) < 4.78 is 37.9. The molecule has 0 aliphatic heterocycles. The predicted octanol–water partition coefficient (Wildman–Crippen LogP) is 1.85. The highest BCUT2D eigenvalue weighted by Crippen LogP contribution is 2.25. The van der Waals surface area contributed by atoms with E-state index in [-0.39, 0.29) is 5.69 Å². The number of benzene rings is 1. The zero-order valence-electron chi connectivity index (χ0n) is 9.78. The number of aromatic nitrogens is 2. The molecule has 0 saturated carbocycles. The largest absolute Gasteiger partial charge is 0.431 e. The Bertz CT molecular complexity index is 680. The van der Waals surface area contributed by atoms with Gasteiger partial charge in [-0.15, -0.1) is 0 Å². The van der Waals surface area contributed by atoms with Crippen LogP contribution in [0.3, 0.4) is 0 Å². The van der Waals surface area contributed by atoms with E-state index in [1.807, 2.05) is 6.92 Å². The summed E-state index contributed by atoms with van der Waals surface area (Å²) in [6.45, 7) is 1.81. The Labute approximate surface area is 105 Å². The van der Waals surface area contributed by atoms with Crippen molar-refractivity contribution in [3.8, 4) is 5.69 Å². The highest BCUT2D eigenvalue weighted by molar-refractivity contribution is 5.34. The van der Waals surface area contributed by atoms with E-state index in [0.717, 1.165) is 5.56 Å². The Morgan fingerprint density at radius 1 is 1.11 bits per heavy atom. The molecule has 0 fully saturated rings. The zero-order chi connectivity index (χ0) is 14.2. The second-order valence-electron chi connectivity index (χ2n) is 4.00. The van der Waals surface area contributed by atoms with Gasteiger partial charge in [-0.05, 0) is 19.1 Å². The van der Waals surface area contributed by atoms with E-state index in [2.05, 4.69) is 0 Å². The van der Waals surface area contributed by atoms with Crippen molar-refractivity contribution in [2.24, 2.45) is 0 Å². The quantitative estimate of drug-likeness (QED) is 0.859. The Morgan fingerprint density at radius 3 is 2.16 bits per heavy atom. The fraction of sp³-hybridized carbons (Fsp3) is 0.167. The number of hydrogen-bond acceptors (Lipinski definition) is 2. The third-order valence-electron chi connectivity index (χ3n) is 2.53. The van der Waals surface area contributed by atoms with Crippen LogP contribution in [0.4, 0.5) is 13.2 Å². The Hall–Kier alpha value is -2.31. The fourth-order valence-corrected chi connectivity index (χ4v) is 1.59. The number of H-pyrrole nitrogens is 1. The van der Waals surface area contributed by atoms with Crippen LogP contribution in [0, 0.1) is 6.92 Å². The number of aromatic amines is 1. The number of hydrogen-bond donors (Lipinski definition) is 1. The minimum atomic E-state index is -4.76. The molecule has 0 bridgehead atoms. The maximum Gasteiger partial charge on any atom is 0.431 e. The van der Waals surface area contributed by atoms with Gasteiger partial charge in [0.1, 0.15) is 5.69 Å². The normalized spacial score (nSPS) is 11.6. The molecule has 2 rings (SSSR count). The van der Waals surface area contributed by atoms with Gasteiger partial charge in [0.2, 0.25) is 0 Å². The summed E-state index contributed by atoms with van der Waals surface area (Å²) in [5.41, 5.74) is -2.39. The summed E-state index contributed by atoms with van der Waals surface area (Å²) in [5, 5.41) is 0. The molecular weight excluding hydrogens is 261 g/mol. The fourth-order valence-electron chi connectivity index (χ4n) is 1.59.